The van der Waals surface area contributed by atoms with Gasteiger partial charge in [-0.15, -0.1) is 11.3 Å². The Hall–Kier alpha value is -4.05. The van der Waals surface area contributed by atoms with E-state index in [9.17, 15) is 4.79 Å². The van der Waals surface area contributed by atoms with E-state index >= 15 is 0 Å². The normalized spacial score (nSPS) is 14.0. The fourth-order valence-electron chi connectivity index (χ4n) is 4.53. The summed E-state index contributed by atoms with van der Waals surface area (Å²) in [6, 6.07) is 18.2. The van der Waals surface area contributed by atoms with E-state index in [4.69, 9.17) is 4.74 Å². The number of H-pyrrole nitrogens is 1. The van der Waals surface area contributed by atoms with E-state index in [1.54, 1.807) is 17.7 Å². The van der Waals surface area contributed by atoms with Gasteiger partial charge in [0.25, 0.3) is 0 Å². The Morgan fingerprint density at radius 2 is 1.86 bits per heavy atom. The Kier molecular flexibility index (Phi) is 6.17. The summed E-state index contributed by atoms with van der Waals surface area (Å²) in [5, 5.41) is 11.9. The zero-order chi connectivity index (χ0) is 24.3. The fraction of sp³-hybridized carbons (Fsp3) is 0.269. The molecule has 4 heterocycles. The summed E-state index contributed by atoms with van der Waals surface area (Å²) in [6.45, 7) is 3.31. The van der Waals surface area contributed by atoms with Crippen molar-refractivity contribution >= 4 is 44.3 Å². The van der Waals surface area contributed by atoms with Crippen molar-refractivity contribution in [2.75, 3.05) is 37.7 Å². The number of aromatic nitrogens is 5. The second-order valence-electron chi connectivity index (χ2n) is 8.66. The molecule has 1 aliphatic heterocycles. The number of aromatic amines is 1. The maximum Gasteiger partial charge on any atom is 0.222 e. The van der Waals surface area contributed by atoms with Gasteiger partial charge in [-0.05, 0) is 30.2 Å². The number of benzene rings is 2. The average Bonchev–Trinajstić information content (AvgIpc) is 3.59. The second-order valence-corrected chi connectivity index (χ2v) is 9.69. The first-order valence-corrected chi connectivity index (χ1v) is 12.8. The van der Waals surface area contributed by atoms with E-state index in [0.29, 0.717) is 43.8 Å². The van der Waals surface area contributed by atoms with Gasteiger partial charge in [-0.3, -0.25) is 4.79 Å². The van der Waals surface area contributed by atoms with Gasteiger partial charge in [-0.1, -0.05) is 36.4 Å². The highest BCUT2D eigenvalue weighted by molar-refractivity contribution is 7.21. The molecule has 0 atom stereocenters. The van der Waals surface area contributed by atoms with Crippen molar-refractivity contribution in [3.05, 3.63) is 60.9 Å². The van der Waals surface area contributed by atoms with Gasteiger partial charge in [0.15, 0.2) is 5.52 Å². The third-order valence-electron chi connectivity index (χ3n) is 6.40. The number of nitrogens with zero attached hydrogens (tertiary/aromatic N) is 6. The van der Waals surface area contributed by atoms with Crippen molar-refractivity contribution in [2.45, 2.75) is 12.8 Å². The predicted octanol–water partition coefficient (Wildman–Crippen LogP) is 4.14. The SMILES string of the molecule is O=C(CCCOc1cccc2n[nH]nc12)N1CCN(c2ncnc3sc(-c4ccccc4)cc23)CC1. The molecule has 0 saturated carbocycles. The number of anilines is 1. The van der Waals surface area contributed by atoms with Crippen LogP contribution >= 0.6 is 11.3 Å². The third kappa shape index (κ3) is 4.47. The predicted molar refractivity (Wildman–Crippen MR) is 140 cm³/mol. The van der Waals surface area contributed by atoms with Crippen molar-refractivity contribution in [2.24, 2.45) is 0 Å². The van der Waals surface area contributed by atoms with Crippen molar-refractivity contribution in [1.29, 1.82) is 0 Å². The highest BCUT2D eigenvalue weighted by Gasteiger charge is 2.23. The highest BCUT2D eigenvalue weighted by atomic mass is 32.1. The maximum absolute atomic E-state index is 12.8. The molecule has 0 radical (unpaired) electrons. The molecule has 9 nitrogen and oxygen atoms in total. The summed E-state index contributed by atoms with van der Waals surface area (Å²) in [5.41, 5.74) is 2.66. The van der Waals surface area contributed by atoms with Crippen molar-refractivity contribution in [1.82, 2.24) is 30.3 Å². The van der Waals surface area contributed by atoms with Crippen LogP contribution in [0, 0.1) is 0 Å². The summed E-state index contributed by atoms with van der Waals surface area (Å²) in [7, 11) is 0. The quantitative estimate of drug-likeness (QED) is 0.336. The van der Waals surface area contributed by atoms with E-state index in [0.717, 1.165) is 34.6 Å². The van der Waals surface area contributed by atoms with Crippen molar-refractivity contribution in [3.8, 4) is 16.2 Å². The first-order chi connectivity index (χ1) is 17.8. The maximum atomic E-state index is 12.8. The molecule has 1 saturated heterocycles. The molecule has 0 bridgehead atoms. The molecule has 1 amide bonds. The molecule has 1 aliphatic rings. The molecule has 0 aliphatic carbocycles. The summed E-state index contributed by atoms with van der Waals surface area (Å²) in [6.07, 6.45) is 2.74. The van der Waals surface area contributed by atoms with Crippen LogP contribution in [-0.2, 0) is 4.79 Å². The van der Waals surface area contributed by atoms with E-state index in [1.165, 1.54) is 10.4 Å². The average molecular weight is 500 g/mol. The first kappa shape index (κ1) is 22.4. The summed E-state index contributed by atoms with van der Waals surface area (Å²) >= 11 is 1.68. The first-order valence-electron chi connectivity index (χ1n) is 12.0. The van der Waals surface area contributed by atoms with Crippen LogP contribution in [0.5, 0.6) is 5.75 Å². The Bertz CT molecular complexity index is 1490. The van der Waals surface area contributed by atoms with Crippen LogP contribution in [0.2, 0.25) is 0 Å². The van der Waals surface area contributed by atoms with Crippen LogP contribution in [-0.4, -0.2) is 69.0 Å². The minimum absolute atomic E-state index is 0.160. The largest absolute Gasteiger partial charge is 0.491 e. The van der Waals surface area contributed by atoms with Crippen LogP contribution < -0.4 is 9.64 Å². The molecule has 1 N–H and O–H groups in total. The number of carbonyl (C=O) groups excluding carboxylic acids is 1. The van der Waals surface area contributed by atoms with Crippen molar-refractivity contribution < 1.29 is 9.53 Å². The molecule has 10 heteroatoms. The Labute approximate surface area is 211 Å². The monoisotopic (exact) mass is 499 g/mol. The molecule has 0 spiro atoms. The third-order valence-corrected chi connectivity index (χ3v) is 7.49. The Balaban J connectivity index is 1.04. The number of fused-ring (bicyclic) bond motifs is 2. The minimum Gasteiger partial charge on any atom is -0.491 e. The standard InChI is InChI=1S/C26H25N7O2S/c34-23(10-5-15-35-21-9-4-8-20-24(21)30-31-29-20)32-11-13-33(14-12-32)25-19-16-22(18-6-2-1-3-7-18)36-26(19)28-17-27-25/h1-4,6-9,16-17H,5,10-15H2,(H,29,30,31). The van der Waals surface area contributed by atoms with Gasteiger partial charge in [0, 0.05) is 37.5 Å². The lowest BCUT2D eigenvalue weighted by Crippen LogP contribution is -2.49. The summed E-state index contributed by atoms with van der Waals surface area (Å²) < 4.78 is 5.85. The van der Waals surface area contributed by atoms with Crippen LogP contribution in [0.4, 0.5) is 5.82 Å². The van der Waals surface area contributed by atoms with Crippen LogP contribution in [0.1, 0.15) is 12.8 Å². The molecule has 36 heavy (non-hydrogen) atoms. The topological polar surface area (TPSA) is 100 Å². The van der Waals surface area contributed by atoms with Gasteiger partial charge >= 0.3 is 0 Å². The zero-order valence-corrected chi connectivity index (χ0v) is 20.4. The molecular formula is C26H25N7O2S. The number of para-hydroxylation sites is 1. The van der Waals surface area contributed by atoms with E-state index in [1.807, 2.05) is 41.3 Å². The minimum atomic E-state index is 0.160. The van der Waals surface area contributed by atoms with Crippen LogP contribution in [0.3, 0.4) is 0 Å². The molecule has 0 unspecified atom stereocenters. The zero-order valence-electron chi connectivity index (χ0n) is 19.6. The number of ether oxygens (including phenoxy) is 1. The number of rotatable bonds is 7. The molecule has 1 fully saturated rings. The van der Waals surface area contributed by atoms with Gasteiger partial charge < -0.3 is 14.5 Å². The Morgan fingerprint density at radius 1 is 1.00 bits per heavy atom. The highest BCUT2D eigenvalue weighted by Crippen LogP contribution is 2.36. The summed E-state index contributed by atoms with van der Waals surface area (Å²) in [5.74, 6) is 1.79. The van der Waals surface area contributed by atoms with Crippen LogP contribution in [0.15, 0.2) is 60.9 Å². The lowest BCUT2D eigenvalue weighted by molar-refractivity contribution is -0.131. The second kappa shape index (κ2) is 9.90. The number of nitrogens with one attached hydrogen (secondary N) is 1. The van der Waals surface area contributed by atoms with Crippen molar-refractivity contribution in [3.63, 3.8) is 0 Å². The molecule has 182 valence electrons. The molecule has 6 rings (SSSR count). The van der Waals surface area contributed by atoms with Gasteiger partial charge in [-0.2, -0.15) is 15.4 Å². The number of amides is 1. The molecule has 2 aromatic carbocycles. The number of piperazine rings is 1. The number of hydrogen-bond acceptors (Lipinski definition) is 8. The number of thiophene rings is 1. The van der Waals surface area contributed by atoms with Gasteiger partial charge in [-0.25, -0.2) is 9.97 Å². The number of hydrogen-bond donors (Lipinski definition) is 1. The van der Waals surface area contributed by atoms with Gasteiger partial charge in [0.2, 0.25) is 5.91 Å². The molecular weight excluding hydrogens is 474 g/mol. The van der Waals surface area contributed by atoms with E-state index in [2.05, 4.69) is 48.5 Å². The lowest BCUT2D eigenvalue weighted by atomic mass is 10.2. The number of carbonyl (C=O) groups is 1. The van der Waals surface area contributed by atoms with Crippen LogP contribution in [0.25, 0.3) is 31.7 Å². The smallest absolute Gasteiger partial charge is 0.222 e. The van der Waals surface area contributed by atoms with E-state index < -0.39 is 0 Å². The summed E-state index contributed by atoms with van der Waals surface area (Å²) in [4.78, 5) is 28.3. The fourth-order valence-corrected chi connectivity index (χ4v) is 5.53. The Morgan fingerprint density at radius 3 is 2.72 bits per heavy atom. The van der Waals surface area contributed by atoms with Gasteiger partial charge in [0.05, 0.1) is 12.0 Å². The molecule has 3 aromatic heterocycles. The van der Waals surface area contributed by atoms with E-state index in [-0.39, 0.29) is 5.91 Å². The lowest BCUT2D eigenvalue weighted by Gasteiger charge is -2.35. The van der Waals surface area contributed by atoms with Gasteiger partial charge in [0.1, 0.15) is 28.2 Å². The molecule has 5 aromatic rings.